The van der Waals surface area contributed by atoms with Gasteiger partial charge in [-0.25, -0.2) is 0 Å². The van der Waals surface area contributed by atoms with Crippen molar-refractivity contribution >= 4 is 0 Å². The minimum Gasteiger partial charge on any atom is -0.377 e. The van der Waals surface area contributed by atoms with E-state index in [1.807, 2.05) is 0 Å². The normalized spacial score (nSPS) is 37.6. The molecule has 0 radical (unpaired) electrons. The Kier molecular flexibility index (Phi) is 4.00. The largest absolute Gasteiger partial charge is 0.377 e. The van der Waals surface area contributed by atoms with Crippen LogP contribution in [0.5, 0.6) is 0 Å². The summed E-state index contributed by atoms with van der Waals surface area (Å²) in [7, 11) is 0. The third kappa shape index (κ3) is 2.71. The highest BCUT2D eigenvalue weighted by Gasteiger charge is 2.27. The van der Waals surface area contributed by atoms with E-state index in [1.165, 1.54) is 32.4 Å². The van der Waals surface area contributed by atoms with Crippen LogP contribution < -0.4 is 5.32 Å². The van der Waals surface area contributed by atoms with Gasteiger partial charge in [0.05, 0.1) is 6.10 Å². The Hall–Kier alpha value is -0.120. The van der Waals surface area contributed by atoms with Crippen LogP contribution in [0.3, 0.4) is 0 Å². The van der Waals surface area contributed by atoms with E-state index in [4.69, 9.17) is 4.74 Å². The van der Waals surface area contributed by atoms with Gasteiger partial charge in [0.2, 0.25) is 0 Å². The number of likely N-dealkylation sites (N-methyl/N-ethyl adjacent to an activating group) is 1. The predicted molar refractivity (Wildman–Crippen MR) is 62.1 cm³/mol. The van der Waals surface area contributed by atoms with E-state index in [9.17, 15) is 0 Å². The van der Waals surface area contributed by atoms with Gasteiger partial charge in [-0.05, 0) is 39.3 Å². The minimum absolute atomic E-state index is 0.404. The Morgan fingerprint density at radius 3 is 2.93 bits per heavy atom. The molecule has 1 N–H and O–H groups in total. The van der Waals surface area contributed by atoms with Crippen molar-refractivity contribution in [2.45, 2.75) is 51.3 Å². The van der Waals surface area contributed by atoms with Gasteiger partial charge >= 0.3 is 0 Å². The molecule has 0 aromatic rings. The second kappa shape index (κ2) is 5.28. The zero-order chi connectivity index (χ0) is 10.7. The van der Waals surface area contributed by atoms with Crippen LogP contribution in [-0.4, -0.2) is 49.3 Å². The number of ether oxygens (including phenoxy) is 1. The molecule has 3 nitrogen and oxygen atoms in total. The maximum absolute atomic E-state index is 5.56. The molecule has 0 aliphatic carbocycles. The molecule has 2 rings (SSSR count). The molecular weight excluding hydrogens is 188 g/mol. The zero-order valence-electron chi connectivity index (χ0n) is 10.0. The van der Waals surface area contributed by atoms with Gasteiger partial charge in [-0.2, -0.15) is 0 Å². The van der Waals surface area contributed by atoms with Gasteiger partial charge in [0, 0.05) is 25.2 Å². The number of likely N-dealkylation sites (tertiary alicyclic amines) is 1. The fourth-order valence-electron chi connectivity index (χ4n) is 2.83. The van der Waals surface area contributed by atoms with E-state index in [0.717, 1.165) is 19.2 Å². The lowest BCUT2D eigenvalue weighted by atomic mass is 10.1. The molecular formula is C12H24N2O. The predicted octanol–water partition coefficient (Wildman–Crippen LogP) is 1.24. The quantitative estimate of drug-likeness (QED) is 0.759. The molecule has 2 saturated heterocycles. The molecule has 2 aliphatic heterocycles. The molecule has 3 heteroatoms. The fraction of sp³-hybridized carbons (Fsp3) is 1.00. The van der Waals surface area contributed by atoms with Crippen molar-refractivity contribution in [2.75, 3.05) is 26.2 Å². The molecule has 88 valence electrons. The first kappa shape index (κ1) is 11.4. The van der Waals surface area contributed by atoms with Crippen molar-refractivity contribution < 1.29 is 4.74 Å². The van der Waals surface area contributed by atoms with Crippen LogP contribution in [0.15, 0.2) is 0 Å². The summed E-state index contributed by atoms with van der Waals surface area (Å²) in [4.78, 5) is 2.59. The summed E-state index contributed by atoms with van der Waals surface area (Å²) in [6.07, 6.45) is 4.32. The van der Waals surface area contributed by atoms with E-state index >= 15 is 0 Å². The Labute approximate surface area is 93.2 Å². The van der Waals surface area contributed by atoms with Gasteiger partial charge in [-0.15, -0.1) is 0 Å². The lowest BCUT2D eigenvalue weighted by Crippen LogP contribution is -2.43. The molecule has 3 atom stereocenters. The first-order valence-corrected chi connectivity index (χ1v) is 6.40. The van der Waals surface area contributed by atoms with Gasteiger partial charge < -0.3 is 10.1 Å². The number of nitrogens with one attached hydrogen (secondary N) is 1. The Balaban J connectivity index is 1.72. The highest BCUT2D eigenvalue weighted by atomic mass is 16.5. The SMILES string of the molecule is CCN1CCC[C@H]1CN[C@@H]1CCO[C@@H]1C. The molecule has 0 saturated carbocycles. The second-order valence-corrected chi connectivity index (χ2v) is 4.80. The van der Waals surface area contributed by atoms with Gasteiger partial charge in [0.25, 0.3) is 0 Å². The molecule has 0 amide bonds. The molecule has 0 aromatic carbocycles. The van der Waals surface area contributed by atoms with Crippen molar-refractivity contribution in [2.24, 2.45) is 0 Å². The monoisotopic (exact) mass is 212 g/mol. The third-order valence-electron chi connectivity index (χ3n) is 3.90. The summed E-state index contributed by atoms with van der Waals surface area (Å²) < 4.78 is 5.56. The van der Waals surface area contributed by atoms with Crippen LogP contribution in [0.25, 0.3) is 0 Å². The van der Waals surface area contributed by atoms with Gasteiger partial charge in [0.1, 0.15) is 0 Å². The molecule has 0 unspecified atom stereocenters. The van der Waals surface area contributed by atoms with Crippen molar-refractivity contribution in [1.82, 2.24) is 10.2 Å². The maximum Gasteiger partial charge on any atom is 0.0700 e. The van der Waals surface area contributed by atoms with E-state index < -0.39 is 0 Å². The minimum atomic E-state index is 0.404. The first-order chi connectivity index (χ1) is 7.31. The summed E-state index contributed by atoms with van der Waals surface area (Å²) >= 11 is 0. The third-order valence-corrected chi connectivity index (χ3v) is 3.90. The summed E-state index contributed by atoms with van der Waals surface area (Å²) in [5.74, 6) is 0. The molecule has 2 fully saturated rings. The Bertz CT molecular complexity index is 198. The summed E-state index contributed by atoms with van der Waals surface area (Å²) in [6, 6.07) is 1.35. The van der Waals surface area contributed by atoms with E-state index in [1.54, 1.807) is 0 Å². The maximum atomic E-state index is 5.56. The molecule has 0 bridgehead atoms. The highest BCUT2D eigenvalue weighted by Crippen LogP contribution is 2.17. The van der Waals surface area contributed by atoms with Crippen molar-refractivity contribution in [1.29, 1.82) is 0 Å². The van der Waals surface area contributed by atoms with Gasteiger partial charge in [-0.3, -0.25) is 4.90 Å². The van der Waals surface area contributed by atoms with Crippen molar-refractivity contribution in [3.63, 3.8) is 0 Å². The lowest BCUT2D eigenvalue weighted by Gasteiger charge is -2.25. The van der Waals surface area contributed by atoms with Crippen LogP contribution in [0.1, 0.15) is 33.1 Å². The second-order valence-electron chi connectivity index (χ2n) is 4.80. The molecule has 0 aromatic heterocycles. The van der Waals surface area contributed by atoms with Crippen LogP contribution in [0.2, 0.25) is 0 Å². The number of rotatable bonds is 4. The van der Waals surface area contributed by atoms with Crippen LogP contribution >= 0.6 is 0 Å². The molecule has 15 heavy (non-hydrogen) atoms. The lowest BCUT2D eigenvalue weighted by molar-refractivity contribution is 0.111. The van der Waals surface area contributed by atoms with Crippen LogP contribution in [0.4, 0.5) is 0 Å². The number of nitrogens with zero attached hydrogens (tertiary/aromatic N) is 1. The van der Waals surface area contributed by atoms with E-state index in [2.05, 4.69) is 24.1 Å². The smallest absolute Gasteiger partial charge is 0.0700 e. The van der Waals surface area contributed by atoms with Crippen molar-refractivity contribution in [3.8, 4) is 0 Å². The van der Waals surface area contributed by atoms with Crippen LogP contribution in [-0.2, 0) is 4.74 Å². The first-order valence-electron chi connectivity index (χ1n) is 6.40. The zero-order valence-corrected chi connectivity index (χ0v) is 10.0. The molecule has 2 aliphatic rings. The van der Waals surface area contributed by atoms with Crippen LogP contribution in [0, 0.1) is 0 Å². The Morgan fingerprint density at radius 2 is 2.27 bits per heavy atom. The van der Waals surface area contributed by atoms with Gasteiger partial charge in [-0.1, -0.05) is 6.92 Å². The molecule has 2 heterocycles. The van der Waals surface area contributed by atoms with E-state index in [0.29, 0.717) is 12.1 Å². The average Bonchev–Trinajstić information content (AvgIpc) is 2.83. The van der Waals surface area contributed by atoms with Crippen molar-refractivity contribution in [3.05, 3.63) is 0 Å². The number of hydrogen-bond acceptors (Lipinski definition) is 3. The summed E-state index contributed by atoms with van der Waals surface area (Å²) in [6.45, 7) is 9.01. The summed E-state index contributed by atoms with van der Waals surface area (Å²) in [5.41, 5.74) is 0. The molecule has 0 spiro atoms. The average molecular weight is 212 g/mol. The fourth-order valence-corrected chi connectivity index (χ4v) is 2.83. The van der Waals surface area contributed by atoms with E-state index in [-0.39, 0.29) is 0 Å². The Morgan fingerprint density at radius 1 is 1.40 bits per heavy atom. The topological polar surface area (TPSA) is 24.5 Å². The summed E-state index contributed by atoms with van der Waals surface area (Å²) in [5, 5.41) is 3.67. The number of hydrogen-bond donors (Lipinski definition) is 1. The standard InChI is InChI=1S/C12H24N2O/c1-3-14-7-4-5-11(14)9-13-12-6-8-15-10(12)2/h10-13H,3-9H2,1-2H3/t10-,11+,12-/m1/s1. The van der Waals surface area contributed by atoms with Gasteiger partial charge in [0.15, 0.2) is 0 Å². The highest BCUT2D eigenvalue weighted by molar-refractivity contribution is 4.85.